The Kier molecular flexibility index (Phi) is 67.8. The smallest absolute Gasteiger partial charge is 0.306 e. The van der Waals surface area contributed by atoms with Crippen molar-refractivity contribution in [3.63, 3.8) is 0 Å². The van der Waals surface area contributed by atoms with Gasteiger partial charge in [-0.15, -0.1) is 0 Å². The molecule has 2 unspecified atom stereocenters. The van der Waals surface area contributed by atoms with Crippen LogP contribution in [0.5, 0.6) is 0 Å². The van der Waals surface area contributed by atoms with Crippen LogP contribution in [-0.4, -0.2) is 70.0 Å². The third-order valence-corrected chi connectivity index (χ3v) is 18.0. The Hall–Kier alpha value is -2.55. The van der Waals surface area contributed by atoms with Gasteiger partial charge in [0.05, 0.1) is 27.7 Å². The third kappa shape index (κ3) is 74.4. The van der Waals surface area contributed by atoms with Crippen molar-refractivity contribution < 1.29 is 42.1 Å². The summed E-state index contributed by atoms with van der Waals surface area (Å²) >= 11 is 0. The van der Waals surface area contributed by atoms with E-state index in [1.165, 1.54) is 257 Å². The number of esters is 2. The van der Waals surface area contributed by atoms with Crippen molar-refractivity contribution in [1.82, 2.24) is 0 Å². The summed E-state index contributed by atoms with van der Waals surface area (Å²) in [5.74, 6) is -0.820. The molecular formula is C79H146NO8P. The second kappa shape index (κ2) is 69.8. The quantitative estimate of drug-likeness (QED) is 0.0195. The number of rotatable bonds is 71. The number of phosphoric acid groups is 1. The standard InChI is InChI=1S/C79H146NO8P/c1-6-8-10-12-14-16-18-20-22-24-26-28-30-32-34-36-38-39-40-42-43-45-47-49-51-53-55-57-59-61-63-65-67-69-71-78(81)85-75-77(76-87-89(83,84)86-74-73-80(3,4)5)88-79(82)72-70-68-66-64-62-60-58-56-54-52-50-48-46-44-41-37-35-33-31-29-27-25-23-21-19-17-15-13-11-9-7-2/h9,11,15,17,21,23,27,29,33,35,41,44,77H,6-8,10,12-14,16,18-20,22,24-26,28,30-32,34,36-40,42-43,45-76H2,1-5H3/b11-9-,17-15-,23-21-,29-27-,35-33-,44-41-. The summed E-state index contributed by atoms with van der Waals surface area (Å²) in [5, 5.41) is 0. The Balaban J connectivity index is 3.97. The van der Waals surface area contributed by atoms with Gasteiger partial charge in [0.1, 0.15) is 19.8 Å². The number of hydrogen-bond acceptors (Lipinski definition) is 8. The van der Waals surface area contributed by atoms with E-state index in [4.69, 9.17) is 18.5 Å². The molecule has 0 N–H and O–H groups in total. The maximum atomic E-state index is 12.9. The summed E-state index contributed by atoms with van der Waals surface area (Å²) in [7, 11) is 1.18. The highest BCUT2D eigenvalue weighted by Gasteiger charge is 2.22. The molecule has 89 heavy (non-hydrogen) atoms. The zero-order valence-corrected chi connectivity index (χ0v) is 60.3. The van der Waals surface area contributed by atoms with Crippen molar-refractivity contribution in [3.05, 3.63) is 72.9 Å². The molecule has 0 amide bonds. The lowest BCUT2D eigenvalue weighted by Gasteiger charge is -2.28. The molecule has 0 aliphatic carbocycles. The van der Waals surface area contributed by atoms with Crippen molar-refractivity contribution in [1.29, 1.82) is 0 Å². The van der Waals surface area contributed by atoms with E-state index in [0.29, 0.717) is 17.4 Å². The summed E-state index contributed by atoms with van der Waals surface area (Å²) in [6.07, 6.45) is 94.4. The summed E-state index contributed by atoms with van der Waals surface area (Å²) in [5.41, 5.74) is 0. The third-order valence-electron chi connectivity index (χ3n) is 17.0. The van der Waals surface area contributed by atoms with Gasteiger partial charge in [0.15, 0.2) is 6.10 Å². The van der Waals surface area contributed by atoms with Crippen molar-refractivity contribution >= 4 is 19.8 Å². The SMILES string of the molecule is CC/C=C\C/C=C\C/C=C\C/C=C\C/C=C\C/C=C\CCCCCCCCCCCCCCC(=O)OC(COC(=O)CCCCCCCCCCCCCCCCCCCCCCCCCCCCCCCCCCCC)COP(=O)([O-])OCC[N+](C)(C)C. The van der Waals surface area contributed by atoms with Crippen LogP contribution in [0.1, 0.15) is 367 Å². The number of unbranched alkanes of at least 4 members (excludes halogenated alkanes) is 45. The maximum absolute atomic E-state index is 12.9. The number of phosphoric ester groups is 1. The number of hydrogen-bond donors (Lipinski definition) is 0. The first-order valence-corrected chi connectivity index (χ1v) is 39.6. The summed E-state index contributed by atoms with van der Waals surface area (Å²) in [6, 6.07) is 0. The summed E-state index contributed by atoms with van der Waals surface area (Å²) in [4.78, 5) is 38.1. The average Bonchev–Trinajstić information content (AvgIpc) is 3.60. The minimum Gasteiger partial charge on any atom is -0.756 e. The predicted octanol–water partition coefficient (Wildman–Crippen LogP) is 24.5. The van der Waals surface area contributed by atoms with Gasteiger partial charge in [-0.25, -0.2) is 0 Å². The van der Waals surface area contributed by atoms with Crippen LogP contribution in [0.4, 0.5) is 0 Å². The van der Waals surface area contributed by atoms with Gasteiger partial charge in [0.2, 0.25) is 0 Å². The summed E-state index contributed by atoms with van der Waals surface area (Å²) in [6.45, 7) is 4.18. The normalized spacial score (nSPS) is 13.5. The molecule has 2 atom stereocenters. The second-order valence-corrected chi connectivity index (χ2v) is 28.4. The molecule has 0 spiro atoms. The maximum Gasteiger partial charge on any atom is 0.306 e. The molecule has 0 aromatic heterocycles. The molecule has 0 fully saturated rings. The monoisotopic (exact) mass is 1270 g/mol. The second-order valence-electron chi connectivity index (χ2n) is 27.0. The minimum atomic E-state index is -4.65. The van der Waals surface area contributed by atoms with Gasteiger partial charge in [0.25, 0.3) is 7.82 Å². The van der Waals surface area contributed by atoms with Crippen LogP contribution >= 0.6 is 7.82 Å². The lowest BCUT2D eigenvalue weighted by Crippen LogP contribution is -2.37. The molecule has 9 nitrogen and oxygen atoms in total. The molecule has 0 aliphatic heterocycles. The zero-order chi connectivity index (χ0) is 64.8. The molecule has 0 saturated heterocycles. The Morgan fingerprint density at radius 1 is 0.360 bits per heavy atom. The van der Waals surface area contributed by atoms with E-state index >= 15 is 0 Å². The van der Waals surface area contributed by atoms with E-state index in [2.05, 4.69) is 86.8 Å². The number of ether oxygens (including phenoxy) is 2. The van der Waals surface area contributed by atoms with Crippen molar-refractivity contribution in [2.75, 3.05) is 47.5 Å². The zero-order valence-electron chi connectivity index (χ0n) is 59.4. The van der Waals surface area contributed by atoms with Gasteiger partial charge < -0.3 is 27.9 Å². The van der Waals surface area contributed by atoms with Crippen LogP contribution in [-0.2, 0) is 32.7 Å². The molecule has 10 heteroatoms. The Labute approximate surface area is 552 Å². The van der Waals surface area contributed by atoms with E-state index < -0.39 is 26.5 Å². The first-order chi connectivity index (χ1) is 43.5. The average molecular weight is 1270 g/mol. The molecule has 0 saturated carbocycles. The predicted molar refractivity (Wildman–Crippen MR) is 383 cm³/mol. The fraction of sp³-hybridized carbons (Fsp3) is 0.823. The highest BCUT2D eigenvalue weighted by Crippen LogP contribution is 2.38. The molecule has 0 bridgehead atoms. The number of likely N-dealkylation sites (N-methyl/N-ethyl adjacent to an activating group) is 1. The van der Waals surface area contributed by atoms with Crippen molar-refractivity contribution in [2.45, 2.75) is 373 Å². The van der Waals surface area contributed by atoms with Gasteiger partial charge in [-0.1, -0.05) is 363 Å². The largest absolute Gasteiger partial charge is 0.756 e. The number of nitrogens with zero attached hydrogens (tertiary/aromatic N) is 1. The number of carbonyl (C=O) groups is 2. The fourth-order valence-corrected chi connectivity index (χ4v) is 11.9. The van der Waals surface area contributed by atoms with Crippen LogP contribution < -0.4 is 4.89 Å². The fourth-order valence-electron chi connectivity index (χ4n) is 11.2. The molecule has 0 rings (SSSR count). The van der Waals surface area contributed by atoms with E-state index in [-0.39, 0.29) is 32.0 Å². The van der Waals surface area contributed by atoms with E-state index in [0.717, 1.165) is 77.0 Å². The van der Waals surface area contributed by atoms with Gasteiger partial charge in [-0.3, -0.25) is 14.2 Å². The number of quaternary nitrogens is 1. The van der Waals surface area contributed by atoms with Crippen LogP contribution in [0, 0.1) is 0 Å². The highest BCUT2D eigenvalue weighted by molar-refractivity contribution is 7.45. The van der Waals surface area contributed by atoms with Crippen LogP contribution in [0.3, 0.4) is 0 Å². The topological polar surface area (TPSA) is 111 Å². The highest BCUT2D eigenvalue weighted by atomic mass is 31.2. The molecule has 0 radical (unpaired) electrons. The molecule has 0 aliphatic rings. The van der Waals surface area contributed by atoms with Crippen LogP contribution in [0.2, 0.25) is 0 Å². The molecule has 0 aromatic rings. The van der Waals surface area contributed by atoms with E-state index in [1.807, 2.05) is 21.1 Å². The van der Waals surface area contributed by atoms with E-state index in [9.17, 15) is 19.0 Å². The minimum absolute atomic E-state index is 0.0314. The van der Waals surface area contributed by atoms with Gasteiger partial charge in [-0.2, -0.15) is 0 Å². The Morgan fingerprint density at radius 3 is 0.955 bits per heavy atom. The Morgan fingerprint density at radius 2 is 0.640 bits per heavy atom. The number of carbonyl (C=O) groups excluding carboxylic acids is 2. The van der Waals surface area contributed by atoms with Crippen molar-refractivity contribution in [3.8, 4) is 0 Å². The molecule has 0 heterocycles. The first kappa shape index (κ1) is 86.5. The lowest BCUT2D eigenvalue weighted by atomic mass is 10.0. The van der Waals surface area contributed by atoms with Gasteiger partial charge in [0, 0.05) is 12.8 Å². The molecular weight excluding hydrogens is 1120 g/mol. The molecule has 520 valence electrons. The Bertz CT molecular complexity index is 1730. The number of allylic oxidation sites excluding steroid dienone is 12. The van der Waals surface area contributed by atoms with Crippen LogP contribution in [0.25, 0.3) is 0 Å². The van der Waals surface area contributed by atoms with E-state index in [1.54, 1.807) is 0 Å². The first-order valence-electron chi connectivity index (χ1n) is 38.1. The van der Waals surface area contributed by atoms with Gasteiger partial charge >= 0.3 is 11.9 Å². The van der Waals surface area contributed by atoms with Gasteiger partial charge in [-0.05, 0) is 64.2 Å². The van der Waals surface area contributed by atoms with Crippen LogP contribution in [0.15, 0.2) is 72.9 Å². The molecule has 0 aromatic carbocycles. The van der Waals surface area contributed by atoms with Crippen molar-refractivity contribution in [2.24, 2.45) is 0 Å². The lowest BCUT2D eigenvalue weighted by molar-refractivity contribution is -0.870. The summed E-state index contributed by atoms with van der Waals surface area (Å²) < 4.78 is 34.4.